The number of benzene rings is 1. The van der Waals surface area contributed by atoms with Crippen LogP contribution in [0.25, 0.3) is 0 Å². The molecule has 1 aromatic rings. The third-order valence-corrected chi connectivity index (χ3v) is 5.04. The van der Waals surface area contributed by atoms with Gasteiger partial charge in [-0.1, -0.05) is 24.3 Å². The van der Waals surface area contributed by atoms with Crippen molar-refractivity contribution < 1.29 is 4.79 Å². The van der Waals surface area contributed by atoms with Crippen molar-refractivity contribution in [1.82, 2.24) is 5.32 Å². The Kier molecular flexibility index (Phi) is 8.10. The van der Waals surface area contributed by atoms with E-state index in [0.717, 1.165) is 31.4 Å². The van der Waals surface area contributed by atoms with Crippen molar-refractivity contribution in [2.45, 2.75) is 49.6 Å². The molecule has 3 unspecified atom stereocenters. The van der Waals surface area contributed by atoms with E-state index in [2.05, 4.69) is 11.9 Å². The van der Waals surface area contributed by atoms with Gasteiger partial charge in [0.2, 0.25) is 5.91 Å². The highest BCUT2D eigenvalue weighted by molar-refractivity contribution is 6.20. The molecule has 0 heterocycles. The van der Waals surface area contributed by atoms with E-state index < -0.39 is 0 Å². The zero-order valence-electron chi connectivity index (χ0n) is 14.0. The van der Waals surface area contributed by atoms with E-state index in [4.69, 9.17) is 23.2 Å². The van der Waals surface area contributed by atoms with Crippen molar-refractivity contribution in [3.63, 3.8) is 0 Å². The summed E-state index contributed by atoms with van der Waals surface area (Å²) in [4.78, 5) is 14.7. The van der Waals surface area contributed by atoms with Gasteiger partial charge in [0.15, 0.2) is 0 Å². The van der Waals surface area contributed by atoms with Crippen molar-refractivity contribution in [3.8, 4) is 0 Å². The van der Waals surface area contributed by atoms with Crippen LogP contribution >= 0.6 is 23.2 Å². The van der Waals surface area contributed by atoms with Gasteiger partial charge >= 0.3 is 0 Å². The minimum Gasteiger partial charge on any atom is -0.308 e. The molecule has 0 aromatic heterocycles. The maximum atomic E-state index is 12.8. The Labute approximate surface area is 155 Å². The van der Waals surface area contributed by atoms with Gasteiger partial charge < -0.3 is 10.2 Å². The van der Waals surface area contributed by atoms with Crippen LogP contribution in [0.15, 0.2) is 43.0 Å². The van der Waals surface area contributed by atoms with E-state index in [1.54, 1.807) is 0 Å². The van der Waals surface area contributed by atoms with Gasteiger partial charge in [-0.15, -0.1) is 29.8 Å². The lowest BCUT2D eigenvalue weighted by Gasteiger charge is -2.37. The number of nitrogens with one attached hydrogen (secondary N) is 1. The Balaban J connectivity index is 2.32. The van der Waals surface area contributed by atoms with Crippen LogP contribution in [0.3, 0.4) is 0 Å². The third-order valence-electron chi connectivity index (χ3n) is 4.46. The van der Waals surface area contributed by atoms with E-state index in [1.807, 2.05) is 41.3 Å². The normalized spacial score (nSPS) is 24.2. The third kappa shape index (κ3) is 5.23. The summed E-state index contributed by atoms with van der Waals surface area (Å²) in [6, 6.07) is 10.1. The predicted octanol–water partition coefficient (Wildman–Crippen LogP) is 4.34. The molecular formula is C19H26Cl2N2O. The van der Waals surface area contributed by atoms with Crippen LogP contribution in [0, 0.1) is 0 Å². The summed E-state index contributed by atoms with van der Waals surface area (Å²) in [6.07, 6.45) is 5.96. The number of carbonyl (C=O) groups excluding carboxylic acids is 1. The molecule has 3 atom stereocenters. The van der Waals surface area contributed by atoms with Crippen molar-refractivity contribution in [2.24, 2.45) is 0 Å². The average molecular weight is 369 g/mol. The minimum absolute atomic E-state index is 0.0691. The number of nitrogens with zero attached hydrogens (tertiary/aromatic N) is 1. The van der Waals surface area contributed by atoms with Crippen molar-refractivity contribution in [1.29, 1.82) is 0 Å². The van der Waals surface area contributed by atoms with Gasteiger partial charge in [0.25, 0.3) is 0 Å². The van der Waals surface area contributed by atoms with E-state index in [0.29, 0.717) is 18.8 Å². The van der Waals surface area contributed by atoms with Crippen LogP contribution in [0.2, 0.25) is 0 Å². The van der Waals surface area contributed by atoms with Crippen LogP contribution in [0.5, 0.6) is 0 Å². The fourth-order valence-corrected chi connectivity index (χ4v) is 3.88. The Morgan fingerprint density at radius 2 is 2.08 bits per heavy atom. The molecule has 1 aliphatic carbocycles. The predicted molar refractivity (Wildman–Crippen MR) is 103 cm³/mol. The summed E-state index contributed by atoms with van der Waals surface area (Å²) in [5.41, 5.74) is 0.927. The first-order valence-corrected chi connectivity index (χ1v) is 9.56. The van der Waals surface area contributed by atoms with Gasteiger partial charge in [0.05, 0.1) is 6.04 Å². The maximum absolute atomic E-state index is 12.8. The quantitative estimate of drug-likeness (QED) is 0.441. The first-order valence-electron chi connectivity index (χ1n) is 8.58. The molecule has 2 rings (SSSR count). The highest BCUT2D eigenvalue weighted by Crippen LogP contribution is 2.30. The zero-order chi connectivity index (χ0) is 17.4. The monoisotopic (exact) mass is 368 g/mol. The van der Waals surface area contributed by atoms with Gasteiger partial charge in [-0.3, -0.25) is 4.79 Å². The van der Waals surface area contributed by atoms with Gasteiger partial charge in [-0.25, -0.2) is 0 Å². The molecule has 5 heteroatoms. The Morgan fingerprint density at radius 3 is 2.75 bits per heavy atom. The van der Waals surface area contributed by atoms with Crippen LogP contribution in [0.4, 0.5) is 5.69 Å². The molecule has 132 valence electrons. The average Bonchev–Trinajstić information content (AvgIpc) is 2.76. The van der Waals surface area contributed by atoms with E-state index in [9.17, 15) is 4.79 Å². The molecule has 1 aromatic carbocycles. The van der Waals surface area contributed by atoms with E-state index in [-0.39, 0.29) is 23.4 Å². The number of halogens is 2. The summed E-state index contributed by atoms with van der Waals surface area (Å²) >= 11 is 12.3. The number of anilines is 1. The first-order chi connectivity index (χ1) is 11.7. The molecule has 0 bridgehead atoms. The molecule has 1 N–H and O–H groups in total. The SMILES string of the molecule is C=CCNC1CC(Cl)CCCC1N(C(=O)CCCl)c1ccccc1. The first kappa shape index (κ1) is 19.3. The Morgan fingerprint density at radius 1 is 1.33 bits per heavy atom. The number of hydrogen-bond acceptors (Lipinski definition) is 2. The lowest BCUT2D eigenvalue weighted by atomic mass is 9.99. The lowest BCUT2D eigenvalue weighted by Crippen LogP contribution is -2.53. The fraction of sp³-hybridized carbons (Fsp3) is 0.526. The highest BCUT2D eigenvalue weighted by Gasteiger charge is 2.34. The second kappa shape index (κ2) is 10.1. The largest absolute Gasteiger partial charge is 0.308 e. The number of hydrogen-bond donors (Lipinski definition) is 1. The Bertz CT molecular complexity index is 523. The molecule has 1 saturated carbocycles. The topological polar surface area (TPSA) is 32.3 Å². The van der Waals surface area contributed by atoms with Crippen LogP contribution < -0.4 is 10.2 Å². The summed E-state index contributed by atoms with van der Waals surface area (Å²) in [6.45, 7) is 4.49. The summed E-state index contributed by atoms with van der Waals surface area (Å²) < 4.78 is 0. The van der Waals surface area contributed by atoms with Gasteiger partial charge in [-0.2, -0.15) is 0 Å². The van der Waals surface area contributed by atoms with Gasteiger partial charge in [-0.05, 0) is 37.8 Å². The number of amides is 1. The molecular weight excluding hydrogens is 343 g/mol. The van der Waals surface area contributed by atoms with Crippen molar-refractivity contribution >= 4 is 34.8 Å². The standard InChI is InChI=1S/C19H26Cl2N2O/c1-2-13-22-17-14-15(21)7-6-10-18(17)23(19(24)11-12-20)16-8-4-3-5-9-16/h2-5,8-9,15,17-18,22H,1,6-7,10-14H2. The number of para-hydroxylation sites is 1. The van der Waals surface area contributed by atoms with Gasteiger partial charge in [0.1, 0.15) is 0 Å². The number of rotatable bonds is 7. The molecule has 0 aliphatic heterocycles. The molecule has 3 nitrogen and oxygen atoms in total. The zero-order valence-corrected chi connectivity index (χ0v) is 15.5. The summed E-state index contributed by atoms with van der Waals surface area (Å²) in [7, 11) is 0. The molecule has 24 heavy (non-hydrogen) atoms. The Hall–Kier alpha value is -1.03. The summed E-state index contributed by atoms with van der Waals surface area (Å²) in [5, 5.41) is 3.65. The molecule has 1 aliphatic rings. The van der Waals surface area contributed by atoms with Crippen LogP contribution in [-0.4, -0.2) is 35.8 Å². The second-order valence-corrected chi connectivity index (χ2v) is 7.17. The van der Waals surface area contributed by atoms with E-state index in [1.165, 1.54) is 0 Å². The van der Waals surface area contributed by atoms with E-state index >= 15 is 0 Å². The molecule has 1 fully saturated rings. The maximum Gasteiger partial charge on any atom is 0.228 e. The smallest absolute Gasteiger partial charge is 0.228 e. The second-order valence-electron chi connectivity index (χ2n) is 6.17. The molecule has 0 saturated heterocycles. The molecule has 1 amide bonds. The minimum atomic E-state index is 0.0691. The summed E-state index contributed by atoms with van der Waals surface area (Å²) in [5.74, 6) is 0.400. The van der Waals surface area contributed by atoms with Crippen molar-refractivity contribution in [3.05, 3.63) is 43.0 Å². The molecule has 0 radical (unpaired) electrons. The fourth-order valence-electron chi connectivity index (χ4n) is 3.37. The number of alkyl halides is 2. The van der Waals surface area contributed by atoms with Gasteiger partial charge in [0, 0.05) is 36.0 Å². The van der Waals surface area contributed by atoms with Crippen LogP contribution in [0.1, 0.15) is 32.1 Å². The highest BCUT2D eigenvalue weighted by atomic mass is 35.5. The lowest BCUT2D eigenvalue weighted by molar-refractivity contribution is -0.118. The number of carbonyl (C=O) groups is 1. The van der Waals surface area contributed by atoms with Crippen molar-refractivity contribution in [2.75, 3.05) is 17.3 Å². The molecule has 0 spiro atoms. The van der Waals surface area contributed by atoms with Crippen LogP contribution in [-0.2, 0) is 4.79 Å².